The maximum absolute atomic E-state index is 13.4. The van der Waals surface area contributed by atoms with Gasteiger partial charge < -0.3 is 9.64 Å². The van der Waals surface area contributed by atoms with Gasteiger partial charge in [-0.1, -0.05) is 25.1 Å². The first-order valence-electron chi connectivity index (χ1n) is 9.69. The highest BCUT2D eigenvalue weighted by Crippen LogP contribution is 2.40. The molecule has 0 bridgehead atoms. The minimum absolute atomic E-state index is 0.120. The Labute approximate surface area is 166 Å². The summed E-state index contributed by atoms with van der Waals surface area (Å²) < 4.78 is 59.6. The predicted molar refractivity (Wildman–Crippen MR) is 99.0 cm³/mol. The number of aryl methyl sites for hydroxylation is 1. The smallest absolute Gasteiger partial charge is 0.368 e. The Hall–Kier alpha value is -2.26. The Kier molecular flexibility index (Phi) is 5.44. The van der Waals surface area contributed by atoms with Gasteiger partial charge in [-0.3, -0.25) is 0 Å². The van der Waals surface area contributed by atoms with Crippen molar-refractivity contribution in [2.45, 2.75) is 38.7 Å². The van der Waals surface area contributed by atoms with E-state index >= 15 is 0 Å². The zero-order valence-corrected chi connectivity index (χ0v) is 16.0. The van der Waals surface area contributed by atoms with Gasteiger partial charge in [-0.15, -0.1) is 9.60 Å². The molecule has 9 heteroatoms. The third kappa shape index (κ3) is 4.06. The number of ether oxygens (including phenoxy) is 1. The number of rotatable bonds is 3. The average Bonchev–Trinajstić information content (AvgIpc) is 2.72. The van der Waals surface area contributed by atoms with Crippen LogP contribution in [0.15, 0.2) is 24.3 Å². The summed E-state index contributed by atoms with van der Waals surface area (Å²) in [6, 6.07) is 5.50. The van der Waals surface area contributed by atoms with Gasteiger partial charge in [-0.05, 0) is 11.6 Å². The summed E-state index contributed by atoms with van der Waals surface area (Å²) in [5.74, 6) is 1.34. The monoisotopic (exact) mass is 410 g/mol. The Morgan fingerprint density at radius 3 is 2.52 bits per heavy atom. The van der Waals surface area contributed by atoms with Gasteiger partial charge in [-0.2, -0.15) is 13.2 Å². The van der Waals surface area contributed by atoms with Crippen LogP contribution in [0.1, 0.15) is 41.2 Å². The third-order valence-electron chi connectivity index (χ3n) is 5.38. The Bertz CT molecular complexity index is 881. The van der Waals surface area contributed by atoms with E-state index in [-0.39, 0.29) is 31.7 Å². The van der Waals surface area contributed by atoms with Crippen molar-refractivity contribution in [2.24, 2.45) is 0 Å². The first-order valence-corrected chi connectivity index (χ1v) is 9.69. The molecule has 3 heterocycles. The summed E-state index contributed by atoms with van der Waals surface area (Å²) in [5.41, 5.74) is 0.936. The number of nitrogens with zero attached hydrogens (tertiary/aromatic N) is 4. The molecule has 4 rings (SSSR count). The largest absolute Gasteiger partial charge is 0.416 e. The van der Waals surface area contributed by atoms with E-state index in [1.165, 1.54) is 12.1 Å². The summed E-state index contributed by atoms with van der Waals surface area (Å²) in [7, 11) is 0. The molecular formula is C20H22F4N4O. The van der Waals surface area contributed by atoms with E-state index in [2.05, 4.69) is 9.97 Å². The molecule has 0 spiro atoms. The Morgan fingerprint density at radius 2 is 1.83 bits per heavy atom. The molecule has 156 valence electrons. The maximum Gasteiger partial charge on any atom is 0.416 e. The van der Waals surface area contributed by atoms with Crippen LogP contribution in [0.3, 0.4) is 0 Å². The number of hydrogen-bond acceptors (Lipinski definition) is 5. The molecule has 1 fully saturated rings. The summed E-state index contributed by atoms with van der Waals surface area (Å²) in [6.07, 6.45) is -4.32. The summed E-state index contributed by atoms with van der Waals surface area (Å²) in [4.78, 5) is 11.2. The molecule has 2 aliphatic rings. The molecule has 1 aromatic carbocycles. The minimum Gasteiger partial charge on any atom is -0.368 e. The van der Waals surface area contributed by atoms with E-state index in [4.69, 9.17) is 4.74 Å². The van der Waals surface area contributed by atoms with Gasteiger partial charge in [0.1, 0.15) is 11.6 Å². The van der Waals surface area contributed by atoms with Crippen molar-refractivity contribution in [3.05, 3.63) is 52.5 Å². The van der Waals surface area contributed by atoms with E-state index in [9.17, 15) is 17.7 Å². The summed E-state index contributed by atoms with van der Waals surface area (Å²) in [6.45, 7) is 3.60. The lowest BCUT2D eigenvalue weighted by atomic mass is 9.95. The number of halogens is 4. The molecule has 2 aliphatic heterocycles. The topological polar surface area (TPSA) is 41.5 Å². The van der Waals surface area contributed by atoms with E-state index < -0.39 is 17.8 Å². The minimum atomic E-state index is -4.45. The second-order valence-corrected chi connectivity index (χ2v) is 7.23. The molecule has 1 saturated heterocycles. The van der Waals surface area contributed by atoms with Gasteiger partial charge in [0.2, 0.25) is 0 Å². The van der Waals surface area contributed by atoms with Crippen LogP contribution in [0.5, 0.6) is 0 Å². The quantitative estimate of drug-likeness (QED) is 0.568. The SMILES string of the molecule is CCc1nc2c(c(N3CCN(F)CC3)n1)COC(c1ccccc1C(F)(F)F)C2. The fraction of sp³-hybridized carbons (Fsp3) is 0.500. The van der Waals surface area contributed by atoms with Crippen molar-refractivity contribution in [3.8, 4) is 0 Å². The van der Waals surface area contributed by atoms with Crippen molar-refractivity contribution in [1.82, 2.24) is 15.1 Å². The molecule has 0 radical (unpaired) electrons. The Morgan fingerprint density at radius 1 is 1.10 bits per heavy atom. The lowest BCUT2D eigenvalue weighted by Gasteiger charge is -2.35. The molecule has 2 aromatic rings. The van der Waals surface area contributed by atoms with Crippen LogP contribution in [0.2, 0.25) is 0 Å². The lowest BCUT2D eigenvalue weighted by molar-refractivity contribution is -0.139. The third-order valence-corrected chi connectivity index (χ3v) is 5.38. The second-order valence-electron chi connectivity index (χ2n) is 7.23. The number of aromatic nitrogens is 2. The van der Waals surface area contributed by atoms with Crippen LogP contribution in [0.4, 0.5) is 23.5 Å². The summed E-state index contributed by atoms with van der Waals surface area (Å²) >= 11 is 0. The van der Waals surface area contributed by atoms with Crippen molar-refractivity contribution in [1.29, 1.82) is 0 Å². The van der Waals surface area contributed by atoms with Gasteiger partial charge in [0.05, 0.1) is 24.0 Å². The standard InChI is InChI=1S/C20H22F4N4O/c1-2-18-25-16-11-17(13-5-3-4-6-15(13)20(21,22)23)29-12-14(16)19(26-18)27-7-9-28(24)10-8-27/h3-6,17H,2,7-12H2,1H3. The van der Waals surface area contributed by atoms with Crippen molar-refractivity contribution in [2.75, 3.05) is 31.1 Å². The van der Waals surface area contributed by atoms with Gasteiger partial charge in [0, 0.05) is 44.6 Å². The number of hydrogen-bond donors (Lipinski definition) is 0. The molecule has 1 atom stereocenters. The highest BCUT2D eigenvalue weighted by molar-refractivity contribution is 5.51. The normalized spacial score (nSPS) is 20.6. The van der Waals surface area contributed by atoms with Gasteiger partial charge in [-0.25, -0.2) is 9.97 Å². The molecule has 29 heavy (non-hydrogen) atoms. The number of benzene rings is 1. The molecule has 0 aliphatic carbocycles. The molecule has 0 N–H and O–H groups in total. The fourth-order valence-corrected chi connectivity index (χ4v) is 3.85. The zero-order valence-electron chi connectivity index (χ0n) is 16.0. The highest BCUT2D eigenvalue weighted by atomic mass is 19.4. The number of anilines is 1. The molecule has 0 amide bonds. The van der Waals surface area contributed by atoms with Gasteiger partial charge in [0.15, 0.2) is 0 Å². The average molecular weight is 410 g/mol. The predicted octanol–water partition coefficient (Wildman–Crippen LogP) is 3.88. The van der Waals surface area contributed by atoms with E-state index in [1.807, 2.05) is 11.8 Å². The van der Waals surface area contributed by atoms with Crippen molar-refractivity contribution < 1.29 is 22.4 Å². The number of alkyl halides is 3. The first kappa shape index (κ1) is 20.0. The van der Waals surface area contributed by atoms with Crippen LogP contribution >= 0.6 is 0 Å². The summed E-state index contributed by atoms with van der Waals surface area (Å²) in [5, 5.41) is 0.769. The zero-order chi connectivity index (χ0) is 20.6. The molecule has 1 unspecified atom stereocenters. The van der Waals surface area contributed by atoms with E-state index in [1.54, 1.807) is 6.07 Å². The lowest BCUT2D eigenvalue weighted by Crippen LogP contribution is -2.44. The molecule has 0 saturated carbocycles. The number of piperazine rings is 1. The van der Waals surface area contributed by atoms with E-state index in [0.29, 0.717) is 36.8 Å². The van der Waals surface area contributed by atoms with Crippen LogP contribution in [0, 0.1) is 0 Å². The highest BCUT2D eigenvalue weighted by Gasteiger charge is 2.37. The van der Waals surface area contributed by atoms with Gasteiger partial charge >= 0.3 is 6.18 Å². The molecule has 1 aromatic heterocycles. The van der Waals surface area contributed by atoms with Crippen LogP contribution in [0.25, 0.3) is 0 Å². The van der Waals surface area contributed by atoms with Gasteiger partial charge in [0.25, 0.3) is 0 Å². The van der Waals surface area contributed by atoms with Crippen LogP contribution < -0.4 is 4.90 Å². The second kappa shape index (κ2) is 7.87. The fourth-order valence-electron chi connectivity index (χ4n) is 3.85. The first-order chi connectivity index (χ1) is 13.9. The maximum atomic E-state index is 13.4. The van der Waals surface area contributed by atoms with Crippen molar-refractivity contribution in [3.63, 3.8) is 0 Å². The molecule has 5 nitrogen and oxygen atoms in total. The van der Waals surface area contributed by atoms with Crippen molar-refractivity contribution >= 4 is 5.82 Å². The van der Waals surface area contributed by atoms with E-state index in [0.717, 1.165) is 16.8 Å². The van der Waals surface area contributed by atoms with Crippen LogP contribution in [-0.2, 0) is 30.4 Å². The number of fused-ring (bicyclic) bond motifs is 1. The van der Waals surface area contributed by atoms with Crippen LogP contribution in [-0.4, -0.2) is 41.3 Å². The Balaban J connectivity index is 1.68. The molecular weight excluding hydrogens is 388 g/mol.